The highest BCUT2D eigenvalue weighted by atomic mass is 35.5. The minimum Gasteiger partial charge on any atom is -0.462 e. The number of ether oxygens (including phenoxy) is 1. The normalized spacial score (nSPS) is 10.2. The highest BCUT2D eigenvalue weighted by Gasteiger charge is 2.14. The molecule has 24 heavy (non-hydrogen) atoms. The molecule has 0 aliphatic carbocycles. The summed E-state index contributed by atoms with van der Waals surface area (Å²) in [7, 11) is 0. The number of nitrogens with one attached hydrogen (secondary N) is 1. The van der Waals surface area contributed by atoms with Gasteiger partial charge in [0.15, 0.2) is 5.16 Å². The third-order valence-corrected chi connectivity index (χ3v) is 3.87. The summed E-state index contributed by atoms with van der Waals surface area (Å²) < 4.78 is 4.84. The van der Waals surface area contributed by atoms with Gasteiger partial charge in [-0.3, -0.25) is 4.79 Å². The van der Waals surface area contributed by atoms with Crippen molar-refractivity contribution in [2.24, 2.45) is 0 Å². The number of carbonyl (C=O) groups excluding carboxylic acids is 2. The maximum atomic E-state index is 11.9. The number of aromatic nitrogens is 2. The van der Waals surface area contributed by atoms with E-state index in [9.17, 15) is 9.59 Å². The van der Waals surface area contributed by atoms with Crippen LogP contribution in [-0.2, 0) is 9.53 Å². The lowest BCUT2D eigenvalue weighted by atomic mass is 10.3. The van der Waals surface area contributed by atoms with E-state index in [-0.39, 0.29) is 29.6 Å². The predicted octanol–water partition coefficient (Wildman–Crippen LogP) is 2.62. The zero-order valence-electron chi connectivity index (χ0n) is 12.8. The number of nitrogens with two attached hydrogens (primary N) is 1. The van der Waals surface area contributed by atoms with Gasteiger partial charge >= 0.3 is 5.97 Å². The third kappa shape index (κ3) is 5.10. The second kappa shape index (κ2) is 8.51. The molecule has 0 spiro atoms. The number of esters is 1. The highest BCUT2D eigenvalue weighted by molar-refractivity contribution is 7.99. The van der Waals surface area contributed by atoms with Gasteiger partial charge in [0.2, 0.25) is 5.91 Å². The Morgan fingerprint density at radius 2 is 2.04 bits per heavy atom. The van der Waals surface area contributed by atoms with Gasteiger partial charge in [0.25, 0.3) is 0 Å². The number of rotatable bonds is 6. The van der Waals surface area contributed by atoms with Crippen LogP contribution in [0, 0.1) is 0 Å². The molecular weight excluding hydrogens is 352 g/mol. The second-order valence-corrected chi connectivity index (χ2v) is 5.89. The number of carbonyl (C=O) groups is 2. The Hall–Kier alpha value is -2.32. The number of hydrogen-bond donors (Lipinski definition) is 2. The summed E-state index contributed by atoms with van der Waals surface area (Å²) in [4.78, 5) is 31.5. The van der Waals surface area contributed by atoms with E-state index in [0.717, 1.165) is 11.8 Å². The minimum atomic E-state index is -0.577. The summed E-state index contributed by atoms with van der Waals surface area (Å²) in [6.07, 6.45) is 1.29. The highest BCUT2D eigenvalue weighted by Crippen LogP contribution is 2.18. The number of thioether (sulfide) groups is 1. The molecule has 0 aliphatic heterocycles. The van der Waals surface area contributed by atoms with Gasteiger partial charge in [-0.15, -0.1) is 0 Å². The van der Waals surface area contributed by atoms with E-state index in [1.54, 1.807) is 31.2 Å². The average Bonchev–Trinajstić information content (AvgIpc) is 2.55. The van der Waals surface area contributed by atoms with Gasteiger partial charge in [-0.25, -0.2) is 14.8 Å². The van der Waals surface area contributed by atoms with Gasteiger partial charge in [-0.05, 0) is 31.2 Å². The molecular formula is C15H15ClN4O3S. The van der Waals surface area contributed by atoms with Crippen LogP contribution in [0.1, 0.15) is 17.3 Å². The Kier molecular flexibility index (Phi) is 6.39. The van der Waals surface area contributed by atoms with Crippen molar-refractivity contribution in [3.8, 4) is 0 Å². The molecule has 7 nitrogen and oxygen atoms in total. The molecule has 1 amide bonds. The maximum absolute atomic E-state index is 11.9. The van der Waals surface area contributed by atoms with Crippen LogP contribution in [0.5, 0.6) is 0 Å². The van der Waals surface area contributed by atoms with E-state index in [1.807, 2.05) is 0 Å². The van der Waals surface area contributed by atoms with Crippen molar-refractivity contribution < 1.29 is 14.3 Å². The van der Waals surface area contributed by atoms with Crippen LogP contribution < -0.4 is 11.1 Å². The molecule has 1 heterocycles. The maximum Gasteiger partial charge on any atom is 0.343 e. The fourth-order valence-corrected chi connectivity index (χ4v) is 2.42. The summed E-state index contributed by atoms with van der Waals surface area (Å²) in [5, 5.41) is 3.61. The topological polar surface area (TPSA) is 107 Å². The van der Waals surface area contributed by atoms with Gasteiger partial charge < -0.3 is 15.8 Å². The molecule has 0 radical (unpaired) electrons. The Bertz CT molecular complexity index is 740. The number of nitrogens with zero attached hydrogens (tertiary/aromatic N) is 2. The van der Waals surface area contributed by atoms with E-state index < -0.39 is 5.97 Å². The first kappa shape index (κ1) is 18.0. The van der Waals surface area contributed by atoms with Crippen molar-refractivity contribution in [1.82, 2.24) is 9.97 Å². The number of nitrogen functional groups attached to an aromatic ring is 1. The first-order valence-corrected chi connectivity index (χ1v) is 8.33. The zero-order chi connectivity index (χ0) is 17.5. The zero-order valence-corrected chi connectivity index (χ0v) is 14.4. The molecule has 0 fully saturated rings. The molecule has 1 aromatic heterocycles. The van der Waals surface area contributed by atoms with Crippen molar-refractivity contribution in [3.63, 3.8) is 0 Å². The molecule has 0 bridgehead atoms. The second-order valence-electron chi connectivity index (χ2n) is 4.52. The molecule has 0 unspecified atom stereocenters. The van der Waals surface area contributed by atoms with Gasteiger partial charge in [-0.2, -0.15) is 0 Å². The van der Waals surface area contributed by atoms with Crippen LogP contribution in [0.15, 0.2) is 35.6 Å². The van der Waals surface area contributed by atoms with Gasteiger partial charge in [0.1, 0.15) is 11.4 Å². The molecule has 0 saturated heterocycles. The number of hydrogen-bond acceptors (Lipinski definition) is 7. The van der Waals surface area contributed by atoms with E-state index in [1.165, 1.54) is 6.20 Å². The largest absolute Gasteiger partial charge is 0.462 e. The summed E-state index contributed by atoms with van der Waals surface area (Å²) >= 11 is 6.89. The van der Waals surface area contributed by atoms with Crippen molar-refractivity contribution in [1.29, 1.82) is 0 Å². The standard InChI is InChI=1S/C15H15ClN4O3S/c1-2-23-14(22)11-7-18-15(20-13(11)17)24-8-12(21)19-10-5-3-9(16)4-6-10/h3-7H,2,8H2,1H3,(H,19,21)(H2,17,18,20). The predicted molar refractivity (Wildman–Crippen MR) is 93.2 cm³/mol. The van der Waals surface area contributed by atoms with Crippen LogP contribution in [0.25, 0.3) is 0 Å². The Morgan fingerprint density at radius 3 is 2.67 bits per heavy atom. The first-order valence-electron chi connectivity index (χ1n) is 6.97. The molecule has 0 atom stereocenters. The lowest BCUT2D eigenvalue weighted by Gasteiger charge is -2.07. The summed E-state index contributed by atoms with van der Waals surface area (Å²) in [5.41, 5.74) is 6.46. The summed E-state index contributed by atoms with van der Waals surface area (Å²) in [6, 6.07) is 6.77. The molecule has 2 aromatic rings. The van der Waals surface area contributed by atoms with E-state index in [0.29, 0.717) is 15.9 Å². The van der Waals surface area contributed by atoms with Crippen molar-refractivity contribution in [2.75, 3.05) is 23.4 Å². The fourth-order valence-electron chi connectivity index (χ4n) is 1.67. The molecule has 9 heteroatoms. The lowest BCUT2D eigenvalue weighted by molar-refractivity contribution is -0.113. The summed E-state index contributed by atoms with van der Waals surface area (Å²) in [6.45, 7) is 1.93. The number of anilines is 2. The molecule has 1 aromatic carbocycles. The fraction of sp³-hybridized carbons (Fsp3) is 0.200. The van der Waals surface area contributed by atoms with E-state index in [4.69, 9.17) is 22.1 Å². The summed E-state index contributed by atoms with van der Waals surface area (Å²) in [5.74, 6) is -0.684. The van der Waals surface area contributed by atoms with Gasteiger partial charge in [0, 0.05) is 16.9 Å². The average molecular weight is 367 g/mol. The Balaban J connectivity index is 1.91. The monoisotopic (exact) mass is 366 g/mol. The number of halogens is 1. The van der Waals surface area contributed by atoms with Crippen LogP contribution in [0.3, 0.4) is 0 Å². The molecule has 0 saturated carbocycles. The van der Waals surface area contributed by atoms with E-state index >= 15 is 0 Å². The molecule has 3 N–H and O–H groups in total. The smallest absolute Gasteiger partial charge is 0.343 e. The van der Waals surface area contributed by atoms with Crippen molar-refractivity contribution in [3.05, 3.63) is 41.0 Å². The van der Waals surface area contributed by atoms with Crippen LogP contribution in [-0.4, -0.2) is 34.2 Å². The van der Waals surface area contributed by atoms with Crippen molar-refractivity contribution >= 4 is 46.7 Å². The number of amides is 1. The van der Waals surface area contributed by atoms with E-state index in [2.05, 4.69) is 15.3 Å². The molecule has 2 rings (SSSR count). The number of benzene rings is 1. The van der Waals surface area contributed by atoms with Gasteiger partial charge in [-0.1, -0.05) is 23.4 Å². The van der Waals surface area contributed by atoms with Crippen molar-refractivity contribution in [2.45, 2.75) is 12.1 Å². The van der Waals surface area contributed by atoms with Crippen LogP contribution in [0.4, 0.5) is 11.5 Å². The molecule has 0 aliphatic rings. The van der Waals surface area contributed by atoms with Crippen LogP contribution in [0.2, 0.25) is 5.02 Å². The Morgan fingerprint density at radius 1 is 1.33 bits per heavy atom. The van der Waals surface area contributed by atoms with Gasteiger partial charge in [0.05, 0.1) is 12.4 Å². The molecule has 126 valence electrons. The van der Waals surface area contributed by atoms with Crippen LogP contribution >= 0.6 is 23.4 Å². The quantitative estimate of drug-likeness (QED) is 0.459. The SMILES string of the molecule is CCOC(=O)c1cnc(SCC(=O)Nc2ccc(Cl)cc2)nc1N. The lowest BCUT2D eigenvalue weighted by Crippen LogP contribution is -2.15. The Labute approximate surface area is 148 Å². The first-order chi connectivity index (χ1) is 11.5. The minimum absolute atomic E-state index is 0.0176. The third-order valence-electron chi connectivity index (χ3n) is 2.75.